The molecule has 6 nitrogen and oxygen atoms in total. The number of carboxylic acid groups (broad SMARTS) is 1. The van der Waals surface area contributed by atoms with Crippen LogP contribution in [0.5, 0.6) is 0 Å². The van der Waals surface area contributed by atoms with Crippen LogP contribution in [0.15, 0.2) is 36.7 Å². The molecule has 2 aromatic heterocycles. The summed E-state index contributed by atoms with van der Waals surface area (Å²) >= 11 is 0. The van der Waals surface area contributed by atoms with Crippen molar-refractivity contribution in [2.75, 3.05) is 5.32 Å². The second-order valence-corrected chi connectivity index (χ2v) is 4.57. The molecule has 2 N–H and O–H groups in total. The highest BCUT2D eigenvalue weighted by Gasteiger charge is 2.11. The van der Waals surface area contributed by atoms with Gasteiger partial charge in [0.05, 0.1) is 5.56 Å². The van der Waals surface area contributed by atoms with Crippen LogP contribution in [0.3, 0.4) is 0 Å². The lowest BCUT2D eigenvalue weighted by Gasteiger charge is -2.10. The van der Waals surface area contributed by atoms with Crippen molar-refractivity contribution in [1.82, 2.24) is 14.6 Å². The van der Waals surface area contributed by atoms with Crippen LogP contribution in [0.4, 0.5) is 15.9 Å². The lowest BCUT2D eigenvalue weighted by atomic mass is 10.2. The van der Waals surface area contributed by atoms with E-state index in [1.54, 1.807) is 4.52 Å². The maximum atomic E-state index is 13.7. The zero-order valence-corrected chi connectivity index (χ0v) is 11.0. The molecule has 0 amide bonds. The molecule has 0 saturated heterocycles. The van der Waals surface area contributed by atoms with Gasteiger partial charge < -0.3 is 10.4 Å². The number of pyridine rings is 1. The maximum Gasteiger partial charge on any atom is 0.338 e. The minimum absolute atomic E-state index is 0.365. The van der Waals surface area contributed by atoms with Crippen molar-refractivity contribution in [3.63, 3.8) is 0 Å². The van der Waals surface area contributed by atoms with Crippen LogP contribution in [-0.2, 0) is 0 Å². The molecule has 0 spiro atoms. The molecule has 1 aromatic carbocycles. The number of anilines is 2. The van der Waals surface area contributed by atoms with Crippen molar-refractivity contribution in [2.45, 2.75) is 6.92 Å². The molecule has 2 heterocycles. The van der Waals surface area contributed by atoms with Gasteiger partial charge in [-0.1, -0.05) is 0 Å². The van der Waals surface area contributed by atoms with Crippen molar-refractivity contribution in [3.8, 4) is 0 Å². The molecule has 0 radical (unpaired) electrons. The van der Waals surface area contributed by atoms with Gasteiger partial charge in [0.1, 0.15) is 18.0 Å². The Labute approximate surface area is 118 Å². The zero-order chi connectivity index (χ0) is 15.0. The first-order chi connectivity index (χ1) is 10.0. The molecule has 0 aliphatic heterocycles. The average Bonchev–Trinajstić information content (AvgIpc) is 2.86. The zero-order valence-electron chi connectivity index (χ0n) is 11.0. The number of nitrogens with one attached hydrogen (secondary N) is 1. The van der Waals surface area contributed by atoms with Crippen molar-refractivity contribution in [2.24, 2.45) is 0 Å². The summed E-state index contributed by atoms with van der Waals surface area (Å²) in [6.45, 7) is 1.91. The Morgan fingerprint density at radius 1 is 1.33 bits per heavy atom. The number of rotatable bonds is 3. The van der Waals surface area contributed by atoms with Crippen LogP contribution >= 0.6 is 0 Å². The molecule has 3 rings (SSSR count). The van der Waals surface area contributed by atoms with Gasteiger partial charge in [0, 0.05) is 5.69 Å². The van der Waals surface area contributed by atoms with Crippen LogP contribution in [-0.4, -0.2) is 25.7 Å². The molecule has 0 saturated carbocycles. The van der Waals surface area contributed by atoms with Gasteiger partial charge in [-0.2, -0.15) is 9.61 Å². The van der Waals surface area contributed by atoms with Gasteiger partial charge in [0.2, 0.25) is 0 Å². The predicted octanol–water partition coefficient (Wildman–Crippen LogP) is 2.62. The number of benzene rings is 1. The first kappa shape index (κ1) is 13.0. The SMILES string of the molecule is Cc1cc(Nc2ccc(C(=O)O)c(F)c2)n2ncnc2c1. The smallest absolute Gasteiger partial charge is 0.338 e. The molecule has 7 heteroatoms. The highest BCUT2D eigenvalue weighted by atomic mass is 19.1. The summed E-state index contributed by atoms with van der Waals surface area (Å²) in [6.07, 6.45) is 1.42. The fourth-order valence-electron chi connectivity index (χ4n) is 2.06. The van der Waals surface area contributed by atoms with Gasteiger partial charge in [-0.25, -0.2) is 14.2 Å². The number of aromatic carboxylic acids is 1. The second kappa shape index (κ2) is 4.86. The van der Waals surface area contributed by atoms with E-state index in [0.29, 0.717) is 17.2 Å². The summed E-state index contributed by atoms with van der Waals surface area (Å²) in [5.74, 6) is -1.48. The third-order valence-corrected chi connectivity index (χ3v) is 3.00. The van der Waals surface area contributed by atoms with Gasteiger partial charge in [0.15, 0.2) is 5.65 Å². The molecule has 106 valence electrons. The minimum atomic E-state index is -1.30. The molecule has 3 aromatic rings. The third-order valence-electron chi connectivity index (χ3n) is 3.00. The highest BCUT2D eigenvalue weighted by Crippen LogP contribution is 2.21. The van der Waals surface area contributed by atoms with E-state index < -0.39 is 11.8 Å². The standard InChI is InChI=1S/C14H11FN4O2/c1-8-4-12-16-7-17-19(12)13(5-8)18-9-2-3-10(14(20)21)11(15)6-9/h2-7,18H,1H3,(H,20,21). The second-order valence-electron chi connectivity index (χ2n) is 4.57. The van der Waals surface area contributed by atoms with Gasteiger partial charge in [0.25, 0.3) is 0 Å². The van der Waals surface area contributed by atoms with Crippen molar-refractivity contribution in [1.29, 1.82) is 0 Å². The summed E-state index contributed by atoms with van der Waals surface area (Å²) in [7, 11) is 0. The van der Waals surface area contributed by atoms with E-state index in [1.807, 2.05) is 19.1 Å². The molecule has 0 aliphatic rings. The molecule has 0 atom stereocenters. The largest absolute Gasteiger partial charge is 0.478 e. The van der Waals surface area contributed by atoms with E-state index in [1.165, 1.54) is 18.5 Å². The van der Waals surface area contributed by atoms with Crippen molar-refractivity contribution >= 4 is 23.1 Å². The quantitative estimate of drug-likeness (QED) is 0.773. The minimum Gasteiger partial charge on any atom is -0.478 e. The Morgan fingerprint density at radius 3 is 2.86 bits per heavy atom. The maximum absolute atomic E-state index is 13.7. The van der Waals surface area contributed by atoms with Gasteiger partial charge in [-0.15, -0.1) is 0 Å². The Balaban J connectivity index is 2.00. The highest BCUT2D eigenvalue weighted by molar-refractivity contribution is 5.88. The summed E-state index contributed by atoms with van der Waals surface area (Å²) in [5, 5.41) is 15.9. The monoisotopic (exact) mass is 286 g/mol. The number of nitrogens with zero attached hydrogens (tertiary/aromatic N) is 3. The van der Waals surface area contributed by atoms with E-state index >= 15 is 0 Å². The van der Waals surface area contributed by atoms with E-state index in [4.69, 9.17) is 5.11 Å². The molecular weight excluding hydrogens is 275 g/mol. The van der Waals surface area contributed by atoms with Crippen molar-refractivity contribution < 1.29 is 14.3 Å². The Hall–Kier alpha value is -2.96. The number of hydrogen-bond acceptors (Lipinski definition) is 4. The Bertz CT molecular complexity index is 844. The molecule has 0 fully saturated rings. The molecule has 0 unspecified atom stereocenters. The normalized spacial score (nSPS) is 10.8. The fraction of sp³-hybridized carbons (Fsp3) is 0.0714. The van der Waals surface area contributed by atoms with Crippen LogP contribution in [0.25, 0.3) is 5.65 Å². The predicted molar refractivity (Wildman–Crippen MR) is 74.4 cm³/mol. The lowest BCUT2D eigenvalue weighted by molar-refractivity contribution is 0.0692. The number of carboxylic acids is 1. The van der Waals surface area contributed by atoms with Crippen LogP contribution in [0, 0.1) is 12.7 Å². The van der Waals surface area contributed by atoms with E-state index in [-0.39, 0.29) is 5.56 Å². The van der Waals surface area contributed by atoms with Gasteiger partial charge in [-0.3, -0.25) is 0 Å². The summed E-state index contributed by atoms with van der Waals surface area (Å²) < 4.78 is 15.3. The van der Waals surface area contributed by atoms with Crippen molar-refractivity contribution in [3.05, 3.63) is 53.6 Å². The number of carbonyl (C=O) groups is 1. The third kappa shape index (κ3) is 2.40. The fourth-order valence-corrected chi connectivity index (χ4v) is 2.06. The number of hydrogen-bond donors (Lipinski definition) is 2. The Kier molecular flexibility index (Phi) is 3.02. The van der Waals surface area contributed by atoms with E-state index in [9.17, 15) is 9.18 Å². The van der Waals surface area contributed by atoms with Crippen LogP contribution in [0.1, 0.15) is 15.9 Å². The molecule has 0 bridgehead atoms. The van der Waals surface area contributed by atoms with Gasteiger partial charge >= 0.3 is 5.97 Å². The number of aromatic nitrogens is 3. The molecule has 21 heavy (non-hydrogen) atoms. The Morgan fingerprint density at radius 2 is 2.14 bits per heavy atom. The number of halogens is 1. The van der Waals surface area contributed by atoms with Gasteiger partial charge in [-0.05, 0) is 42.8 Å². The average molecular weight is 286 g/mol. The summed E-state index contributed by atoms with van der Waals surface area (Å²) in [4.78, 5) is 14.9. The lowest BCUT2D eigenvalue weighted by Crippen LogP contribution is -2.03. The summed E-state index contributed by atoms with van der Waals surface area (Å²) in [6, 6.07) is 7.55. The first-order valence-electron chi connectivity index (χ1n) is 6.15. The van der Waals surface area contributed by atoms with E-state index in [0.717, 1.165) is 11.6 Å². The topological polar surface area (TPSA) is 79.5 Å². The number of fused-ring (bicyclic) bond motifs is 1. The molecule has 0 aliphatic carbocycles. The number of aryl methyl sites for hydroxylation is 1. The first-order valence-corrected chi connectivity index (χ1v) is 6.15. The van der Waals surface area contributed by atoms with Crippen LogP contribution < -0.4 is 5.32 Å². The van der Waals surface area contributed by atoms with Crippen LogP contribution in [0.2, 0.25) is 0 Å². The van der Waals surface area contributed by atoms with E-state index in [2.05, 4.69) is 15.4 Å². The summed E-state index contributed by atoms with van der Waals surface area (Å²) in [5.41, 5.74) is 1.70. The molecular formula is C14H11FN4O2.